The Morgan fingerprint density at radius 1 is 0.286 bits per heavy atom. The molecule has 1 nitrogen and oxygen atoms in total. The summed E-state index contributed by atoms with van der Waals surface area (Å²) in [6.07, 6.45) is 4.82. The van der Waals surface area contributed by atoms with Crippen molar-refractivity contribution in [1.29, 1.82) is 0 Å². The van der Waals surface area contributed by atoms with Gasteiger partial charge in [0.2, 0.25) is 0 Å². The molecule has 0 atom stereocenters. The van der Waals surface area contributed by atoms with Crippen molar-refractivity contribution in [3.63, 3.8) is 0 Å². The van der Waals surface area contributed by atoms with Crippen molar-refractivity contribution in [3.8, 4) is 83.6 Å². The van der Waals surface area contributed by atoms with Gasteiger partial charge in [-0.15, -0.1) is 0 Å². The molecule has 0 heterocycles. The molecule has 0 unspecified atom stereocenters. The smallest absolute Gasteiger partial charge is 0.119 e. The SMILES string of the molecule is CCCCCCOc1ccc(-c2ccc(-c3c4ccccc4c(-c4ccc5c(c4)C(C)(C)c4cc(-c6c7ccccc7c(-c7ccc8c(c7)C(C)(C)c7ccccc7-8)c7ccccc67)ccc4-5)c4ccccc34)cc2)cc1. The van der Waals surface area contributed by atoms with E-state index in [4.69, 9.17) is 4.74 Å². The molecular weight excluding hydrogens is 929 g/mol. The Morgan fingerprint density at radius 2 is 0.597 bits per heavy atom. The first-order chi connectivity index (χ1) is 37.7. The number of fused-ring (bicyclic) bond motifs is 10. The highest BCUT2D eigenvalue weighted by molar-refractivity contribution is 6.23. The van der Waals surface area contributed by atoms with Gasteiger partial charge in [0.15, 0.2) is 0 Å². The lowest BCUT2D eigenvalue weighted by Crippen LogP contribution is -2.15. The van der Waals surface area contributed by atoms with E-state index in [1.165, 1.54) is 162 Å². The van der Waals surface area contributed by atoms with Gasteiger partial charge in [0.25, 0.3) is 0 Å². The fraction of sp³-hybridized carbons (Fsp3) is 0.158. The Bertz CT molecular complexity index is 4210. The van der Waals surface area contributed by atoms with Gasteiger partial charge in [0, 0.05) is 10.8 Å². The highest BCUT2D eigenvalue weighted by atomic mass is 16.5. The minimum absolute atomic E-state index is 0.0819. The Balaban J connectivity index is 0.833. The summed E-state index contributed by atoms with van der Waals surface area (Å²) in [6, 6.07) is 84.8. The predicted molar refractivity (Wildman–Crippen MR) is 328 cm³/mol. The van der Waals surface area contributed by atoms with Crippen LogP contribution in [0.5, 0.6) is 5.75 Å². The zero-order chi connectivity index (χ0) is 52.0. The lowest BCUT2D eigenvalue weighted by atomic mass is 9.79. The summed E-state index contributed by atoms with van der Waals surface area (Å²) in [7, 11) is 0. The molecule has 12 aromatic rings. The second-order valence-electron chi connectivity index (χ2n) is 22.8. The first kappa shape index (κ1) is 47.0. The molecule has 0 saturated carbocycles. The van der Waals surface area contributed by atoms with Gasteiger partial charge in [-0.05, 0) is 180 Å². The molecule has 372 valence electrons. The monoisotopic (exact) mass is 990 g/mol. The summed E-state index contributed by atoms with van der Waals surface area (Å²) in [4.78, 5) is 0. The zero-order valence-corrected chi connectivity index (χ0v) is 44.8. The van der Waals surface area contributed by atoms with Gasteiger partial charge >= 0.3 is 0 Å². The topological polar surface area (TPSA) is 9.23 Å². The maximum absolute atomic E-state index is 6.07. The van der Waals surface area contributed by atoms with Gasteiger partial charge in [0.1, 0.15) is 5.75 Å². The van der Waals surface area contributed by atoms with Crippen molar-refractivity contribution < 1.29 is 4.74 Å². The molecule has 0 bridgehead atoms. The highest BCUT2D eigenvalue weighted by Gasteiger charge is 2.38. The number of benzene rings is 12. The van der Waals surface area contributed by atoms with Gasteiger partial charge < -0.3 is 4.74 Å². The quantitative estimate of drug-likeness (QED) is 0.0927. The van der Waals surface area contributed by atoms with Crippen molar-refractivity contribution in [2.24, 2.45) is 0 Å². The van der Waals surface area contributed by atoms with Crippen molar-refractivity contribution >= 4 is 43.1 Å². The maximum atomic E-state index is 6.07. The molecule has 0 radical (unpaired) electrons. The third-order valence-electron chi connectivity index (χ3n) is 17.6. The Morgan fingerprint density at radius 3 is 1.00 bits per heavy atom. The van der Waals surface area contributed by atoms with Crippen LogP contribution in [-0.4, -0.2) is 6.61 Å². The second kappa shape index (κ2) is 18.4. The number of rotatable bonds is 11. The van der Waals surface area contributed by atoms with Crippen LogP contribution >= 0.6 is 0 Å². The minimum atomic E-state index is -0.244. The van der Waals surface area contributed by atoms with E-state index in [-0.39, 0.29) is 10.8 Å². The van der Waals surface area contributed by atoms with Crippen LogP contribution in [0.3, 0.4) is 0 Å². The van der Waals surface area contributed by atoms with Crippen LogP contribution in [0.1, 0.15) is 82.6 Å². The van der Waals surface area contributed by atoms with E-state index in [9.17, 15) is 0 Å². The van der Waals surface area contributed by atoms with Crippen LogP contribution in [0.25, 0.3) is 121 Å². The summed E-state index contributed by atoms with van der Waals surface area (Å²) in [5.41, 5.74) is 23.1. The normalized spacial score (nSPS) is 13.7. The average molecular weight is 991 g/mol. The standard InChI is InChI=1S/C76H62O/c1-6-7-8-19-44-77-54-39-34-49(35-40-54)48-30-32-50(33-31-48)71-59-21-9-11-23-61(59)72(62-24-12-10-22-60(62)71)52-37-42-57-58-43-38-53(47-70(58)76(4,5)69(57)46-52)74-65-27-15-13-25-63(65)73(64-26-14-16-28-66(64)74)51-36-41-56-55-20-17-18-29-67(55)75(2,3)68(56)45-51/h9-18,20-43,45-47H,6-8,19,44H2,1-5H3. The number of unbranched alkanes of at least 4 members (excludes halogenated alkanes) is 3. The highest BCUT2D eigenvalue weighted by Crippen LogP contribution is 2.55. The molecule has 0 aliphatic heterocycles. The molecule has 0 spiro atoms. The molecule has 12 aromatic carbocycles. The van der Waals surface area contributed by atoms with E-state index >= 15 is 0 Å². The number of ether oxygens (including phenoxy) is 1. The lowest BCUT2D eigenvalue weighted by Gasteiger charge is -2.24. The molecule has 2 aliphatic carbocycles. The molecule has 14 rings (SSSR count). The second-order valence-corrected chi connectivity index (χ2v) is 22.8. The van der Waals surface area contributed by atoms with Gasteiger partial charge in [0.05, 0.1) is 6.61 Å². The van der Waals surface area contributed by atoms with Crippen LogP contribution in [0.2, 0.25) is 0 Å². The summed E-state index contributed by atoms with van der Waals surface area (Å²) in [6.45, 7) is 12.6. The molecule has 0 saturated heterocycles. The largest absolute Gasteiger partial charge is 0.494 e. The molecule has 0 N–H and O–H groups in total. The number of hydrogen-bond donors (Lipinski definition) is 0. The van der Waals surface area contributed by atoms with Gasteiger partial charge in [-0.3, -0.25) is 0 Å². The molecule has 0 fully saturated rings. The fourth-order valence-corrected chi connectivity index (χ4v) is 13.7. The molecule has 0 aromatic heterocycles. The van der Waals surface area contributed by atoms with E-state index in [2.05, 4.69) is 259 Å². The Hall–Kier alpha value is -8.52. The summed E-state index contributed by atoms with van der Waals surface area (Å²) >= 11 is 0. The van der Waals surface area contributed by atoms with Crippen LogP contribution in [0.4, 0.5) is 0 Å². The lowest BCUT2D eigenvalue weighted by molar-refractivity contribution is 0.305. The van der Waals surface area contributed by atoms with Crippen LogP contribution < -0.4 is 4.74 Å². The zero-order valence-electron chi connectivity index (χ0n) is 44.8. The van der Waals surface area contributed by atoms with E-state index in [0.29, 0.717) is 0 Å². The third-order valence-corrected chi connectivity index (χ3v) is 17.6. The van der Waals surface area contributed by atoms with Crippen molar-refractivity contribution in [2.45, 2.75) is 71.1 Å². The Kier molecular flexibility index (Phi) is 11.2. The Labute approximate surface area is 453 Å². The van der Waals surface area contributed by atoms with E-state index in [1.54, 1.807) is 0 Å². The fourth-order valence-electron chi connectivity index (χ4n) is 13.7. The van der Waals surface area contributed by atoms with Gasteiger partial charge in [-0.25, -0.2) is 0 Å². The predicted octanol–water partition coefficient (Wildman–Crippen LogP) is 21.2. The summed E-state index contributed by atoms with van der Waals surface area (Å²) in [5, 5.41) is 10.2. The van der Waals surface area contributed by atoms with Crippen LogP contribution in [-0.2, 0) is 10.8 Å². The van der Waals surface area contributed by atoms with Gasteiger partial charge in [-0.1, -0.05) is 248 Å². The van der Waals surface area contributed by atoms with E-state index in [1.807, 2.05) is 0 Å². The molecule has 1 heteroatoms. The molecular formula is C76H62O. The van der Waals surface area contributed by atoms with Gasteiger partial charge in [-0.2, -0.15) is 0 Å². The molecule has 0 amide bonds. The van der Waals surface area contributed by atoms with Crippen LogP contribution in [0, 0.1) is 0 Å². The summed E-state index contributed by atoms with van der Waals surface area (Å²) in [5.74, 6) is 0.938. The van der Waals surface area contributed by atoms with Crippen LogP contribution in [0.15, 0.2) is 224 Å². The van der Waals surface area contributed by atoms with Crippen molar-refractivity contribution in [3.05, 3.63) is 247 Å². The van der Waals surface area contributed by atoms with E-state index in [0.717, 1.165) is 18.8 Å². The first-order valence-electron chi connectivity index (χ1n) is 27.9. The van der Waals surface area contributed by atoms with E-state index < -0.39 is 0 Å². The molecule has 2 aliphatic rings. The van der Waals surface area contributed by atoms with Crippen molar-refractivity contribution in [2.75, 3.05) is 6.61 Å². The molecule has 77 heavy (non-hydrogen) atoms. The summed E-state index contributed by atoms with van der Waals surface area (Å²) < 4.78 is 6.07. The average Bonchev–Trinajstić information content (AvgIpc) is 4.05. The number of hydrogen-bond acceptors (Lipinski definition) is 1. The maximum Gasteiger partial charge on any atom is 0.119 e. The first-order valence-corrected chi connectivity index (χ1v) is 27.9. The third kappa shape index (κ3) is 7.49. The minimum Gasteiger partial charge on any atom is -0.494 e. The van der Waals surface area contributed by atoms with Crippen molar-refractivity contribution in [1.82, 2.24) is 0 Å².